The van der Waals surface area contributed by atoms with Gasteiger partial charge in [-0.25, -0.2) is 9.38 Å². The van der Waals surface area contributed by atoms with Crippen LogP contribution in [-0.2, 0) is 0 Å². The average Bonchev–Trinajstić information content (AvgIpc) is 3.56. The highest BCUT2D eigenvalue weighted by atomic mass is 35.5. The first-order valence-electron chi connectivity index (χ1n) is 10.7. The summed E-state index contributed by atoms with van der Waals surface area (Å²) in [6, 6.07) is 31.0. The molecule has 34 heavy (non-hydrogen) atoms. The number of furan rings is 1. The van der Waals surface area contributed by atoms with Crippen molar-refractivity contribution in [3.05, 3.63) is 123 Å². The highest BCUT2D eigenvalue weighted by molar-refractivity contribution is 7.15. The molecule has 6 heteroatoms. The third-order valence-electron chi connectivity index (χ3n) is 5.60. The number of thiazole rings is 1. The van der Waals surface area contributed by atoms with Crippen LogP contribution >= 0.6 is 22.9 Å². The molecule has 0 bridgehead atoms. The quantitative estimate of drug-likeness (QED) is 0.287. The Labute approximate surface area is 204 Å². The van der Waals surface area contributed by atoms with Gasteiger partial charge in [-0.3, -0.25) is 4.79 Å². The molecule has 0 amide bonds. The Balaban J connectivity index is 1.52. The Morgan fingerprint density at radius 2 is 1.50 bits per heavy atom. The lowest BCUT2D eigenvalue weighted by Crippen LogP contribution is -2.23. The molecule has 0 aliphatic rings. The third-order valence-corrected chi connectivity index (χ3v) is 6.89. The van der Waals surface area contributed by atoms with Crippen molar-refractivity contribution in [1.82, 2.24) is 9.38 Å². The van der Waals surface area contributed by atoms with Crippen LogP contribution in [0, 0.1) is 0 Å². The molecule has 4 nitrogen and oxygen atoms in total. The van der Waals surface area contributed by atoms with E-state index in [2.05, 4.69) is 0 Å². The maximum absolute atomic E-state index is 13.5. The SMILES string of the molecule is O=c1/c(=C\c2ccc(-c3ccccc3Cl)o2)sc2nc(-c3ccccc3)c(-c3ccccc3)n12. The summed E-state index contributed by atoms with van der Waals surface area (Å²) in [5.74, 6) is 1.24. The van der Waals surface area contributed by atoms with E-state index in [1.54, 1.807) is 10.5 Å². The number of rotatable bonds is 4. The second-order valence-corrected chi connectivity index (χ2v) is 9.17. The summed E-state index contributed by atoms with van der Waals surface area (Å²) in [6.45, 7) is 0. The van der Waals surface area contributed by atoms with E-state index >= 15 is 0 Å². The molecule has 0 aliphatic carbocycles. The van der Waals surface area contributed by atoms with Gasteiger partial charge in [-0.1, -0.05) is 95.7 Å². The molecule has 3 aromatic heterocycles. The zero-order valence-electron chi connectivity index (χ0n) is 17.8. The summed E-state index contributed by atoms with van der Waals surface area (Å²) in [6.07, 6.45) is 1.76. The number of aromatic nitrogens is 2. The molecule has 164 valence electrons. The third kappa shape index (κ3) is 3.55. The predicted octanol–water partition coefficient (Wildman–Crippen LogP) is 6.55. The van der Waals surface area contributed by atoms with Crippen molar-refractivity contribution in [2.24, 2.45) is 0 Å². The standard InChI is InChI=1S/C28H17ClN2O2S/c29-22-14-8-7-13-21(22)23-16-15-20(33-23)17-24-27(32)31-26(19-11-5-2-6-12-19)25(30-28(31)34-24)18-9-3-1-4-10-18/h1-17H/b24-17+. The van der Waals surface area contributed by atoms with Crippen LogP contribution in [0.2, 0.25) is 5.02 Å². The van der Waals surface area contributed by atoms with Gasteiger partial charge in [0.15, 0.2) is 4.96 Å². The molecule has 6 aromatic rings. The topological polar surface area (TPSA) is 47.5 Å². The molecule has 0 N–H and O–H groups in total. The van der Waals surface area contributed by atoms with Crippen LogP contribution in [0.15, 0.2) is 106 Å². The lowest BCUT2D eigenvalue weighted by molar-refractivity contribution is 0.571. The largest absolute Gasteiger partial charge is 0.457 e. The van der Waals surface area contributed by atoms with Gasteiger partial charge in [0.05, 0.1) is 16.4 Å². The van der Waals surface area contributed by atoms with Gasteiger partial charge >= 0.3 is 0 Å². The van der Waals surface area contributed by atoms with Gasteiger partial charge in [0, 0.05) is 22.8 Å². The van der Waals surface area contributed by atoms with Gasteiger partial charge in [0.2, 0.25) is 0 Å². The highest BCUT2D eigenvalue weighted by Gasteiger charge is 2.20. The molecule has 0 saturated carbocycles. The van der Waals surface area contributed by atoms with E-state index < -0.39 is 0 Å². The van der Waals surface area contributed by atoms with Crippen molar-refractivity contribution in [3.63, 3.8) is 0 Å². The van der Waals surface area contributed by atoms with Crippen LogP contribution in [-0.4, -0.2) is 9.38 Å². The summed E-state index contributed by atoms with van der Waals surface area (Å²) in [7, 11) is 0. The second-order valence-electron chi connectivity index (χ2n) is 7.76. The Morgan fingerprint density at radius 1 is 0.824 bits per heavy atom. The van der Waals surface area contributed by atoms with Crippen LogP contribution in [0.4, 0.5) is 0 Å². The minimum atomic E-state index is -0.121. The van der Waals surface area contributed by atoms with Crippen molar-refractivity contribution in [3.8, 4) is 33.8 Å². The molecule has 3 heterocycles. The van der Waals surface area contributed by atoms with Gasteiger partial charge in [0.25, 0.3) is 5.56 Å². The van der Waals surface area contributed by atoms with Gasteiger partial charge in [0.1, 0.15) is 16.1 Å². The summed E-state index contributed by atoms with van der Waals surface area (Å²) in [5, 5.41) is 0.614. The first-order valence-corrected chi connectivity index (χ1v) is 11.9. The number of nitrogens with zero attached hydrogens (tertiary/aromatic N) is 2. The van der Waals surface area contributed by atoms with Crippen molar-refractivity contribution >= 4 is 34.0 Å². The van der Waals surface area contributed by atoms with Gasteiger partial charge in [-0.15, -0.1) is 0 Å². The van der Waals surface area contributed by atoms with E-state index in [9.17, 15) is 4.79 Å². The van der Waals surface area contributed by atoms with Crippen LogP contribution in [0.1, 0.15) is 5.76 Å². The molecule has 6 rings (SSSR count). The molecular formula is C28H17ClN2O2S. The Hall–Kier alpha value is -3.93. The Kier molecular flexibility index (Phi) is 5.13. The maximum Gasteiger partial charge on any atom is 0.275 e. The normalized spacial score (nSPS) is 12.0. The summed E-state index contributed by atoms with van der Waals surface area (Å²) < 4.78 is 8.24. The first kappa shape index (κ1) is 20.7. The van der Waals surface area contributed by atoms with E-state index in [0.717, 1.165) is 28.1 Å². The summed E-state index contributed by atoms with van der Waals surface area (Å²) >= 11 is 7.65. The molecule has 0 spiro atoms. The number of fused-ring (bicyclic) bond motifs is 1. The molecule has 0 fully saturated rings. The van der Waals surface area contributed by atoms with E-state index in [0.29, 0.717) is 26.0 Å². The Bertz CT molecular complexity index is 1730. The van der Waals surface area contributed by atoms with Crippen LogP contribution in [0.3, 0.4) is 0 Å². The first-order chi connectivity index (χ1) is 16.7. The number of benzene rings is 3. The number of hydrogen-bond donors (Lipinski definition) is 0. The lowest BCUT2D eigenvalue weighted by atomic mass is 10.1. The minimum Gasteiger partial charge on any atom is -0.457 e. The van der Waals surface area contributed by atoms with Gasteiger partial charge in [-0.2, -0.15) is 0 Å². The molecular weight excluding hydrogens is 464 g/mol. The number of hydrogen-bond acceptors (Lipinski definition) is 4. The summed E-state index contributed by atoms with van der Waals surface area (Å²) in [4.78, 5) is 19.0. The van der Waals surface area contributed by atoms with Crippen molar-refractivity contribution in [1.29, 1.82) is 0 Å². The zero-order valence-corrected chi connectivity index (χ0v) is 19.4. The van der Waals surface area contributed by atoms with Gasteiger partial charge in [-0.05, 0) is 24.3 Å². The zero-order chi connectivity index (χ0) is 23.1. The minimum absolute atomic E-state index is 0.121. The van der Waals surface area contributed by atoms with Crippen LogP contribution < -0.4 is 10.1 Å². The lowest BCUT2D eigenvalue weighted by Gasteiger charge is -2.04. The van der Waals surface area contributed by atoms with E-state index in [1.807, 2.05) is 97.1 Å². The monoisotopic (exact) mass is 480 g/mol. The van der Waals surface area contributed by atoms with Crippen molar-refractivity contribution in [2.75, 3.05) is 0 Å². The molecule has 0 saturated heterocycles. The Morgan fingerprint density at radius 3 is 2.24 bits per heavy atom. The number of imidazole rings is 1. The fraction of sp³-hybridized carbons (Fsp3) is 0. The average molecular weight is 481 g/mol. The predicted molar refractivity (Wildman–Crippen MR) is 138 cm³/mol. The molecule has 0 aliphatic heterocycles. The van der Waals surface area contributed by atoms with Crippen LogP contribution in [0.25, 0.3) is 44.9 Å². The van der Waals surface area contributed by atoms with Crippen molar-refractivity contribution in [2.45, 2.75) is 0 Å². The smallest absolute Gasteiger partial charge is 0.275 e. The maximum atomic E-state index is 13.5. The molecule has 3 aromatic carbocycles. The molecule has 0 unspecified atom stereocenters. The molecule has 0 atom stereocenters. The number of halogens is 1. The van der Waals surface area contributed by atoms with Crippen molar-refractivity contribution < 1.29 is 4.42 Å². The van der Waals surface area contributed by atoms with E-state index in [4.69, 9.17) is 21.0 Å². The summed E-state index contributed by atoms with van der Waals surface area (Å²) in [5.41, 5.74) is 4.18. The fourth-order valence-corrected chi connectivity index (χ4v) is 5.21. The van der Waals surface area contributed by atoms with E-state index in [-0.39, 0.29) is 5.56 Å². The second kappa shape index (κ2) is 8.45. The van der Waals surface area contributed by atoms with Crippen LogP contribution in [0.5, 0.6) is 0 Å². The van der Waals surface area contributed by atoms with E-state index in [1.165, 1.54) is 11.3 Å². The fourth-order valence-electron chi connectivity index (χ4n) is 4.02. The van der Waals surface area contributed by atoms with Gasteiger partial charge < -0.3 is 4.42 Å². The molecule has 0 radical (unpaired) electrons. The highest BCUT2D eigenvalue weighted by Crippen LogP contribution is 2.33.